The van der Waals surface area contributed by atoms with Crippen LogP contribution in [0.2, 0.25) is 0 Å². The summed E-state index contributed by atoms with van der Waals surface area (Å²) in [4.78, 5) is 10.4. The molecule has 1 atom stereocenters. The van der Waals surface area contributed by atoms with Crippen LogP contribution in [-0.2, 0) is 11.3 Å². The highest BCUT2D eigenvalue weighted by Crippen LogP contribution is 1.99. The fourth-order valence-electron chi connectivity index (χ4n) is 1.27. The van der Waals surface area contributed by atoms with Gasteiger partial charge < -0.3 is 15.5 Å². The molecule has 15 heavy (non-hydrogen) atoms. The Bertz CT molecular complexity index is 300. The molecule has 0 saturated carbocycles. The van der Waals surface area contributed by atoms with E-state index in [0.717, 1.165) is 5.56 Å². The van der Waals surface area contributed by atoms with Gasteiger partial charge in [-0.25, -0.2) is 0 Å². The number of aliphatic hydroxyl groups excluding tert-OH is 1. The van der Waals surface area contributed by atoms with E-state index in [4.69, 9.17) is 10.2 Å². The smallest absolute Gasteiger partial charge is 0.305 e. The predicted molar refractivity (Wildman–Crippen MR) is 56.4 cm³/mol. The largest absolute Gasteiger partial charge is 0.481 e. The van der Waals surface area contributed by atoms with Gasteiger partial charge >= 0.3 is 5.97 Å². The maximum Gasteiger partial charge on any atom is 0.305 e. The third-order valence-corrected chi connectivity index (χ3v) is 2.08. The van der Waals surface area contributed by atoms with Crippen molar-refractivity contribution < 1.29 is 15.0 Å². The van der Waals surface area contributed by atoms with E-state index in [-0.39, 0.29) is 19.1 Å². The van der Waals surface area contributed by atoms with E-state index < -0.39 is 5.97 Å². The van der Waals surface area contributed by atoms with E-state index in [1.807, 2.05) is 30.3 Å². The lowest BCUT2D eigenvalue weighted by molar-refractivity contribution is -0.137. The van der Waals surface area contributed by atoms with E-state index in [9.17, 15) is 4.79 Å². The number of nitrogens with one attached hydrogen (secondary N) is 1. The van der Waals surface area contributed by atoms with Crippen LogP contribution in [0.1, 0.15) is 12.0 Å². The quantitative estimate of drug-likeness (QED) is 0.642. The Balaban J connectivity index is 2.37. The third-order valence-electron chi connectivity index (χ3n) is 2.08. The minimum absolute atomic E-state index is 0.0661. The molecular weight excluding hydrogens is 194 g/mol. The second-order valence-electron chi connectivity index (χ2n) is 3.34. The second kappa shape index (κ2) is 6.16. The molecule has 0 aliphatic heterocycles. The zero-order chi connectivity index (χ0) is 11.1. The van der Waals surface area contributed by atoms with Crippen LogP contribution in [0.3, 0.4) is 0 Å². The van der Waals surface area contributed by atoms with Crippen molar-refractivity contribution in [3.05, 3.63) is 35.9 Å². The average Bonchev–Trinajstić information content (AvgIpc) is 2.25. The molecule has 0 radical (unpaired) electrons. The lowest BCUT2D eigenvalue weighted by Gasteiger charge is -2.13. The number of aliphatic carboxylic acids is 1. The highest BCUT2D eigenvalue weighted by atomic mass is 16.4. The van der Waals surface area contributed by atoms with Gasteiger partial charge in [0.05, 0.1) is 13.0 Å². The molecule has 0 heterocycles. The molecule has 4 nitrogen and oxygen atoms in total. The topological polar surface area (TPSA) is 69.6 Å². The number of rotatable bonds is 6. The van der Waals surface area contributed by atoms with Crippen LogP contribution < -0.4 is 5.32 Å². The average molecular weight is 209 g/mol. The first-order chi connectivity index (χ1) is 7.22. The molecule has 82 valence electrons. The molecule has 1 aromatic rings. The lowest BCUT2D eigenvalue weighted by Crippen LogP contribution is -2.34. The van der Waals surface area contributed by atoms with Gasteiger partial charge in [-0.05, 0) is 5.56 Å². The molecular formula is C11H15NO3. The normalized spacial score (nSPS) is 12.3. The molecule has 0 spiro atoms. The molecule has 0 bridgehead atoms. The molecule has 0 amide bonds. The Kier molecular flexibility index (Phi) is 4.80. The number of hydrogen-bond donors (Lipinski definition) is 3. The van der Waals surface area contributed by atoms with Gasteiger partial charge in [0.1, 0.15) is 0 Å². The SMILES string of the molecule is O=C(O)C[C@@H](CO)NCc1ccccc1. The predicted octanol–water partition coefficient (Wildman–Crippen LogP) is 0.612. The van der Waals surface area contributed by atoms with Gasteiger partial charge in [0.25, 0.3) is 0 Å². The van der Waals surface area contributed by atoms with E-state index in [1.54, 1.807) is 0 Å². The molecule has 0 aliphatic rings. The first kappa shape index (κ1) is 11.7. The first-order valence-corrected chi connectivity index (χ1v) is 4.82. The van der Waals surface area contributed by atoms with E-state index in [0.29, 0.717) is 6.54 Å². The van der Waals surface area contributed by atoms with E-state index in [1.165, 1.54) is 0 Å². The first-order valence-electron chi connectivity index (χ1n) is 4.82. The number of carboxylic acids is 1. The van der Waals surface area contributed by atoms with Crippen molar-refractivity contribution in [3.63, 3.8) is 0 Å². The van der Waals surface area contributed by atoms with Gasteiger partial charge in [0, 0.05) is 12.6 Å². The van der Waals surface area contributed by atoms with Crippen LogP contribution in [0.5, 0.6) is 0 Å². The van der Waals surface area contributed by atoms with Crippen LogP contribution in [-0.4, -0.2) is 28.8 Å². The Morgan fingerprint density at radius 3 is 2.53 bits per heavy atom. The molecule has 0 aromatic heterocycles. The number of benzene rings is 1. The van der Waals surface area contributed by atoms with Gasteiger partial charge in [0.15, 0.2) is 0 Å². The molecule has 0 aliphatic carbocycles. The van der Waals surface area contributed by atoms with Crippen LogP contribution in [0.15, 0.2) is 30.3 Å². The highest BCUT2D eigenvalue weighted by molar-refractivity contribution is 5.67. The van der Waals surface area contributed by atoms with Gasteiger partial charge in [-0.2, -0.15) is 0 Å². The van der Waals surface area contributed by atoms with Crippen molar-refractivity contribution in [1.82, 2.24) is 5.32 Å². The Morgan fingerprint density at radius 1 is 1.33 bits per heavy atom. The van der Waals surface area contributed by atoms with Gasteiger partial charge in [0.2, 0.25) is 0 Å². The summed E-state index contributed by atoms with van der Waals surface area (Å²) in [6.07, 6.45) is -0.0661. The van der Waals surface area contributed by atoms with Gasteiger partial charge in [-0.1, -0.05) is 30.3 Å². The number of carbonyl (C=O) groups is 1. The standard InChI is InChI=1S/C11H15NO3/c13-8-10(6-11(14)15)12-7-9-4-2-1-3-5-9/h1-5,10,12-13H,6-8H2,(H,14,15)/t10-/m0/s1. The number of carboxylic acid groups (broad SMARTS) is 1. The number of aliphatic hydroxyl groups is 1. The Labute approximate surface area is 88.6 Å². The summed E-state index contributed by atoms with van der Waals surface area (Å²) in [5, 5.41) is 20.5. The van der Waals surface area contributed by atoms with Crippen molar-refractivity contribution in [2.24, 2.45) is 0 Å². The minimum Gasteiger partial charge on any atom is -0.481 e. The number of hydrogen-bond acceptors (Lipinski definition) is 3. The summed E-state index contributed by atoms with van der Waals surface area (Å²) in [6, 6.07) is 9.27. The van der Waals surface area contributed by atoms with E-state index in [2.05, 4.69) is 5.32 Å². The maximum absolute atomic E-state index is 10.4. The van der Waals surface area contributed by atoms with Crippen molar-refractivity contribution in [3.8, 4) is 0 Å². The summed E-state index contributed by atoms with van der Waals surface area (Å²) >= 11 is 0. The van der Waals surface area contributed by atoms with Crippen molar-refractivity contribution in [2.75, 3.05) is 6.61 Å². The van der Waals surface area contributed by atoms with Crippen LogP contribution in [0.25, 0.3) is 0 Å². The molecule has 1 aromatic carbocycles. The molecule has 1 rings (SSSR count). The molecule has 0 saturated heterocycles. The second-order valence-corrected chi connectivity index (χ2v) is 3.34. The summed E-state index contributed by atoms with van der Waals surface area (Å²) < 4.78 is 0. The summed E-state index contributed by atoms with van der Waals surface area (Å²) in [5.74, 6) is -0.908. The van der Waals surface area contributed by atoms with Gasteiger partial charge in [-0.15, -0.1) is 0 Å². The maximum atomic E-state index is 10.4. The summed E-state index contributed by atoms with van der Waals surface area (Å²) in [5.41, 5.74) is 1.07. The van der Waals surface area contributed by atoms with Crippen molar-refractivity contribution in [1.29, 1.82) is 0 Å². The summed E-state index contributed by atoms with van der Waals surface area (Å²) in [7, 11) is 0. The van der Waals surface area contributed by atoms with Crippen LogP contribution >= 0.6 is 0 Å². The zero-order valence-electron chi connectivity index (χ0n) is 8.39. The zero-order valence-corrected chi connectivity index (χ0v) is 8.39. The van der Waals surface area contributed by atoms with Crippen molar-refractivity contribution >= 4 is 5.97 Å². The fraction of sp³-hybridized carbons (Fsp3) is 0.364. The molecule has 3 N–H and O–H groups in total. The lowest BCUT2D eigenvalue weighted by atomic mass is 10.2. The molecule has 0 fully saturated rings. The third kappa shape index (κ3) is 4.58. The summed E-state index contributed by atoms with van der Waals surface area (Å²) in [6.45, 7) is 0.401. The molecule has 0 unspecified atom stereocenters. The fourth-order valence-corrected chi connectivity index (χ4v) is 1.27. The van der Waals surface area contributed by atoms with Crippen molar-refractivity contribution in [2.45, 2.75) is 19.0 Å². The Morgan fingerprint density at radius 2 is 2.00 bits per heavy atom. The van der Waals surface area contributed by atoms with Gasteiger partial charge in [-0.3, -0.25) is 4.79 Å². The molecule has 4 heteroatoms. The Hall–Kier alpha value is -1.39. The monoisotopic (exact) mass is 209 g/mol. The minimum atomic E-state index is -0.908. The van der Waals surface area contributed by atoms with Crippen LogP contribution in [0.4, 0.5) is 0 Å². The highest BCUT2D eigenvalue weighted by Gasteiger charge is 2.10. The van der Waals surface area contributed by atoms with E-state index >= 15 is 0 Å². The van der Waals surface area contributed by atoms with Crippen LogP contribution in [0, 0.1) is 0 Å².